The minimum atomic E-state index is -0.464. The molecule has 1 aromatic heterocycles. The van der Waals surface area contributed by atoms with Crippen molar-refractivity contribution in [2.24, 2.45) is 11.8 Å². The number of carbonyl (C=O) groups excluding carboxylic acids is 2. The van der Waals surface area contributed by atoms with Crippen LogP contribution in [0.1, 0.15) is 50.0 Å². The summed E-state index contributed by atoms with van der Waals surface area (Å²) >= 11 is 0. The first kappa shape index (κ1) is 28.8. The zero-order chi connectivity index (χ0) is 27.8. The van der Waals surface area contributed by atoms with Gasteiger partial charge in [0.15, 0.2) is 0 Å². The molecule has 3 rings (SSSR count). The molecule has 2 aromatic rings. The number of hydrogen-bond acceptors (Lipinski definition) is 6. The summed E-state index contributed by atoms with van der Waals surface area (Å²) in [6.45, 7) is 8.35. The number of anilines is 1. The number of nitrogens with zero attached hydrogens (tertiary/aromatic N) is 3. The molecule has 2 N–H and O–H groups in total. The number of carbonyl (C=O) groups is 2. The van der Waals surface area contributed by atoms with Crippen molar-refractivity contribution in [1.29, 1.82) is 0 Å². The van der Waals surface area contributed by atoms with Crippen LogP contribution in [0.5, 0.6) is 11.6 Å². The van der Waals surface area contributed by atoms with Crippen LogP contribution in [0.25, 0.3) is 0 Å². The van der Waals surface area contributed by atoms with E-state index in [0.29, 0.717) is 35.0 Å². The Balaban J connectivity index is 1.87. The van der Waals surface area contributed by atoms with E-state index >= 15 is 0 Å². The van der Waals surface area contributed by atoms with Crippen LogP contribution in [0.2, 0.25) is 0 Å². The highest BCUT2D eigenvalue weighted by Gasteiger charge is 2.34. The first-order chi connectivity index (χ1) is 18.1. The van der Waals surface area contributed by atoms with Gasteiger partial charge in [-0.15, -0.1) is 0 Å². The number of fused-ring (bicyclic) bond motifs is 1. The zero-order valence-corrected chi connectivity index (χ0v) is 23.0. The third-order valence-corrected chi connectivity index (χ3v) is 6.41. The van der Waals surface area contributed by atoms with Gasteiger partial charge in [-0.25, -0.2) is 9.78 Å². The number of amides is 3. The topological polar surface area (TPSA) is 104 Å². The number of aromatic nitrogens is 1. The van der Waals surface area contributed by atoms with E-state index in [4.69, 9.17) is 9.47 Å². The van der Waals surface area contributed by atoms with Crippen molar-refractivity contribution in [1.82, 2.24) is 14.8 Å². The van der Waals surface area contributed by atoms with Gasteiger partial charge in [-0.3, -0.25) is 4.79 Å². The van der Waals surface area contributed by atoms with Crippen molar-refractivity contribution in [3.05, 3.63) is 47.7 Å². The lowest BCUT2D eigenvalue weighted by Crippen LogP contribution is -2.50. The van der Waals surface area contributed by atoms with Crippen LogP contribution in [-0.2, 0) is 0 Å². The third kappa shape index (κ3) is 7.17. The highest BCUT2D eigenvalue weighted by molar-refractivity contribution is 5.97. The number of para-hydroxylation sites is 2. The largest absolute Gasteiger partial charge is 0.495 e. The Labute approximate surface area is 225 Å². The van der Waals surface area contributed by atoms with E-state index in [1.165, 1.54) is 4.90 Å². The first-order valence-electron chi connectivity index (χ1n) is 12.9. The highest BCUT2D eigenvalue weighted by Crippen LogP contribution is 2.28. The number of nitrogens with one attached hydrogen (secondary N) is 1. The second kappa shape index (κ2) is 13.2. The number of likely N-dealkylation sites (N-methyl/N-ethyl adjacent to an activating group) is 1. The average Bonchev–Trinajstić information content (AvgIpc) is 2.90. The number of ether oxygens (including phenoxy) is 2. The van der Waals surface area contributed by atoms with E-state index in [-0.39, 0.29) is 36.9 Å². The minimum Gasteiger partial charge on any atom is -0.495 e. The number of aliphatic hydroxyl groups excluding tert-OH is 1. The number of benzene rings is 1. The minimum absolute atomic E-state index is 0.157. The number of hydrogen-bond donors (Lipinski definition) is 2. The molecule has 1 aliphatic rings. The number of methoxy groups -OCH3 is 1. The molecule has 0 fully saturated rings. The highest BCUT2D eigenvalue weighted by atomic mass is 16.5. The SMILES string of the molecule is COc1ccccc1NC(=O)N(C)C[C@@H]1Oc2ncc(C#CCC(C)C)cc2C(=O)N([C@H](C)CO)C[C@H]1C. The number of aliphatic hydroxyl groups is 1. The molecule has 0 aliphatic carbocycles. The van der Waals surface area contributed by atoms with Crippen LogP contribution in [0.4, 0.5) is 10.5 Å². The van der Waals surface area contributed by atoms with Gasteiger partial charge in [-0.1, -0.05) is 44.7 Å². The molecule has 204 valence electrons. The summed E-state index contributed by atoms with van der Waals surface area (Å²) in [6.07, 6.45) is 1.87. The van der Waals surface area contributed by atoms with Crippen LogP contribution in [0.15, 0.2) is 36.5 Å². The third-order valence-electron chi connectivity index (χ3n) is 6.41. The summed E-state index contributed by atoms with van der Waals surface area (Å²) in [5.41, 5.74) is 1.47. The number of urea groups is 1. The molecule has 1 aliphatic heterocycles. The summed E-state index contributed by atoms with van der Waals surface area (Å²) < 4.78 is 11.6. The monoisotopic (exact) mass is 522 g/mol. The molecule has 0 unspecified atom stereocenters. The molecule has 0 saturated heterocycles. The van der Waals surface area contributed by atoms with Crippen LogP contribution in [0.3, 0.4) is 0 Å². The predicted molar refractivity (Wildman–Crippen MR) is 146 cm³/mol. The first-order valence-corrected chi connectivity index (χ1v) is 12.9. The van der Waals surface area contributed by atoms with Crippen molar-refractivity contribution in [3.63, 3.8) is 0 Å². The summed E-state index contributed by atoms with van der Waals surface area (Å²) in [7, 11) is 3.23. The van der Waals surface area contributed by atoms with Gasteiger partial charge in [0.2, 0.25) is 5.88 Å². The Morgan fingerprint density at radius 2 is 2.08 bits per heavy atom. The van der Waals surface area contributed by atoms with Gasteiger partial charge in [0.05, 0.1) is 32.0 Å². The average molecular weight is 523 g/mol. The van der Waals surface area contributed by atoms with Crippen LogP contribution >= 0.6 is 0 Å². The van der Waals surface area contributed by atoms with E-state index in [1.54, 1.807) is 50.4 Å². The lowest BCUT2D eigenvalue weighted by atomic mass is 10.00. The van der Waals surface area contributed by atoms with Crippen molar-refractivity contribution >= 4 is 17.6 Å². The van der Waals surface area contributed by atoms with E-state index in [0.717, 1.165) is 6.42 Å². The molecular formula is C29H38N4O5. The van der Waals surface area contributed by atoms with Crippen molar-refractivity contribution in [2.75, 3.05) is 39.2 Å². The second-order valence-electron chi connectivity index (χ2n) is 10.1. The summed E-state index contributed by atoms with van der Waals surface area (Å²) in [6, 6.07) is 8.14. The zero-order valence-electron chi connectivity index (χ0n) is 23.0. The fourth-order valence-corrected chi connectivity index (χ4v) is 4.06. The smallest absolute Gasteiger partial charge is 0.321 e. The summed E-state index contributed by atoms with van der Waals surface area (Å²) in [5.74, 6) is 6.96. The fourth-order valence-electron chi connectivity index (χ4n) is 4.06. The molecule has 1 aromatic carbocycles. The molecule has 0 bridgehead atoms. The molecule has 0 spiro atoms. The van der Waals surface area contributed by atoms with Crippen molar-refractivity contribution in [2.45, 2.75) is 46.3 Å². The van der Waals surface area contributed by atoms with Gasteiger partial charge in [-0.2, -0.15) is 0 Å². The quantitative estimate of drug-likeness (QED) is 0.535. The molecule has 9 heteroatoms. The van der Waals surface area contributed by atoms with E-state index in [1.807, 2.05) is 19.1 Å². The van der Waals surface area contributed by atoms with Crippen LogP contribution < -0.4 is 14.8 Å². The Morgan fingerprint density at radius 3 is 2.76 bits per heavy atom. The molecule has 2 heterocycles. The summed E-state index contributed by atoms with van der Waals surface area (Å²) in [5, 5.41) is 12.7. The van der Waals surface area contributed by atoms with Crippen molar-refractivity contribution < 1.29 is 24.2 Å². The van der Waals surface area contributed by atoms with Gasteiger partial charge in [-0.05, 0) is 31.0 Å². The fraction of sp³-hybridized carbons (Fsp3) is 0.483. The predicted octanol–water partition coefficient (Wildman–Crippen LogP) is 3.87. The molecular weight excluding hydrogens is 484 g/mol. The molecule has 0 saturated carbocycles. The molecule has 3 amide bonds. The normalized spacial score (nSPS) is 17.8. The van der Waals surface area contributed by atoms with Gasteiger partial charge in [0.1, 0.15) is 17.4 Å². The maximum Gasteiger partial charge on any atom is 0.321 e. The molecule has 9 nitrogen and oxygen atoms in total. The Hall–Kier alpha value is -3.77. The van der Waals surface area contributed by atoms with Gasteiger partial charge >= 0.3 is 6.03 Å². The lowest BCUT2D eigenvalue weighted by Gasteiger charge is -2.37. The van der Waals surface area contributed by atoms with E-state index in [2.05, 4.69) is 36.0 Å². The van der Waals surface area contributed by atoms with E-state index in [9.17, 15) is 14.7 Å². The second-order valence-corrected chi connectivity index (χ2v) is 10.1. The van der Waals surface area contributed by atoms with Crippen LogP contribution in [0, 0.1) is 23.7 Å². The van der Waals surface area contributed by atoms with Gasteiger partial charge < -0.3 is 29.7 Å². The van der Waals surface area contributed by atoms with Crippen LogP contribution in [-0.4, -0.2) is 77.8 Å². The summed E-state index contributed by atoms with van der Waals surface area (Å²) in [4.78, 5) is 34.1. The van der Waals surface area contributed by atoms with Gasteiger partial charge in [0, 0.05) is 37.7 Å². The maximum absolute atomic E-state index is 13.5. The van der Waals surface area contributed by atoms with E-state index < -0.39 is 12.1 Å². The Morgan fingerprint density at radius 1 is 1.34 bits per heavy atom. The molecule has 3 atom stereocenters. The maximum atomic E-state index is 13.5. The van der Waals surface area contributed by atoms with Crippen molar-refractivity contribution in [3.8, 4) is 23.5 Å². The molecule has 38 heavy (non-hydrogen) atoms. The Kier molecular flexibility index (Phi) is 9.97. The number of rotatable bonds is 7. The Bertz CT molecular complexity index is 1190. The standard InChI is InChI=1S/C29H38N4O5/c1-19(2)10-9-11-22-14-23-27(30-15-22)38-26(20(3)16-33(28(23)35)21(4)18-34)17-32(5)29(36)31-24-12-7-8-13-25(24)37-6/h7-8,12-15,19-21,26,34H,10,16-18H2,1-6H3,(H,31,36)/t20-,21-,26+/m1/s1. The lowest BCUT2D eigenvalue weighted by molar-refractivity contribution is 0.0356. The van der Waals surface area contributed by atoms with Gasteiger partial charge in [0.25, 0.3) is 5.91 Å². The number of pyridine rings is 1. The molecule has 0 radical (unpaired) electrons.